The molecule has 2 rings (SSSR count). The average molecular weight is 313 g/mol. The van der Waals surface area contributed by atoms with E-state index in [4.69, 9.17) is 21.4 Å². The third-order valence-electron chi connectivity index (χ3n) is 3.92. The maximum absolute atomic E-state index is 9.11. The zero-order valence-electron chi connectivity index (χ0n) is 12.8. The van der Waals surface area contributed by atoms with Gasteiger partial charge in [0, 0.05) is 30.8 Å². The highest BCUT2D eigenvalue weighted by molar-refractivity contribution is 6.30. The number of likely N-dealkylation sites (N-methyl/N-ethyl adjacent to an activating group) is 1. The van der Waals surface area contributed by atoms with Crippen molar-refractivity contribution >= 4 is 11.6 Å². The van der Waals surface area contributed by atoms with Crippen LogP contribution in [-0.4, -0.2) is 55.5 Å². The first-order valence-electron chi connectivity index (χ1n) is 7.52. The number of hydrogen-bond acceptors (Lipinski definition) is 4. The molecule has 0 aliphatic carbocycles. The lowest BCUT2D eigenvalue weighted by Gasteiger charge is -2.37. The van der Waals surface area contributed by atoms with Crippen molar-refractivity contribution in [3.63, 3.8) is 0 Å². The van der Waals surface area contributed by atoms with Crippen molar-refractivity contribution in [3.8, 4) is 0 Å². The van der Waals surface area contributed by atoms with E-state index in [0.717, 1.165) is 31.1 Å². The van der Waals surface area contributed by atoms with Gasteiger partial charge in [-0.25, -0.2) is 0 Å². The molecule has 3 atom stereocenters. The summed E-state index contributed by atoms with van der Waals surface area (Å²) in [5.41, 5.74) is 1.17. The number of ether oxygens (including phenoxy) is 1. The van der Waals surface area contributed by atoms with E-state index in [2.05, 4.69) is 24.2 Å². The quantitative estimate of drug-likeness (QED) is 0.844. The van der Waals surface area contributed by atoms with Gasteiger partial charge in [0.1, 0.15) is 0 Å². The fourth-order valence-corrected chi connectivity index (χ4v) is 2.81. The van der Waals surface area contributed by atoms with Gasteiger partial charge < -0.3 is 20.1 Å². The van der Waals surface area contributed by atoms with Gasteiger partial charge in [0.25, 0.3) is 0 Å². The molecule has 0 aromatic heterocycles. The molecule has 0 radical (unpaired) electrons. The summed E-state index contributed by atoms with van der Waals surface area (Å²) >= 11 is 5.99. The van der Waals surface area contributed by atoms with Gasteiger partial charge in [-0.1, -0.05) is 23.7 Å². The molecule has 0 spiro atoms. The minimum absolute atomic E-state index is 0.103. The first-order valence-corrected chi connectivity index (χ1v) is 7.90. The predicted molar refractivity (Wildman–Crippen MR) is 85.7 cm³/mol. The molecule has 1 saturated heterocycles. The second kappa shape index (κ2) is 8.11. The fraction of sp³-hybridized carbons (Fsp3) is 0.625. The van der Waals surface area contributed by atoms with Crippen LogP contribution in [0.5, 0.6) is 0 Å². The van der Waals surface area contributed by atoms with E-state index in [1.165, 1.54) is 5.56 Å². The highest BCUT2D eigenvalue weighted by atomic mass is 35.5. The third-order valence-corrected chi connectivity index (χ3v) is 4.18. The topological polar surface area (TPSA) is 44.7 Å². The molecule has 1 aliphatic heterocycles. The van der Waals surface area contributed by atoms with Crippen LogP contribution in [0.2, 0.25) is 5.02 Å². The first-order chi connectivity index (χ1) is 10.1. The Balaban J connectivity index is 2.14. The minimum atomic E-state index is 0.103. The highest BCUT2D eigenvalue weighted by Crippen LogP contribution is 2.24. The normalized spacial score (nSPS) is 23.0. The van der Waals surface area contributed by atoms with E-state index in [9.17, 15) is 0 Å². The average Bonchev–Trinajstić information content (AvgIpc) is 2.46. The van der Waals surface area contributed by atoms with Crippen LogP contribution in [0.1, 0.15) is 24.9 Å². The van der Waals surface area contributed by atoms with Gasteiger partial charge in [0.05, 0.1) is 18.8 Å². The maximum Gasteiger partial charge on any atom is 0.0896 e. The summed E-state index contributed by atoms with van der Waals surface area (Å²) < 4.78 is 5.97. The van der Waals surface area contributed by atoms with Gasteiger partial charge in [-0.05, 0) is 38.1 Å². The van der Waals surface area contributed by atoms with Gasteiger partial charge in [-0.2, -0.15) is 0 Å². The molecule has 4 nitrogen and oxygen atoms in total. The Morgan fingerprint density at radius 1 is 1.43 bits per heavy atom. The molecule has 0 amide bonds. The van der Waals surface area contributed by atoms with E-state index in [0.29, 0.717) is 0 Å². The summed E-state index contributed by atoms with van der Waals surface area (Å²) in [5, 5.41) is 13.4. The van der Waals surface area contributed by atoms with Crippen molar-refractivity contribution in [3.05, 3.63) is 34.9 Å². The van der Waals surface area contributed by atoms with Crippen molar-refractivity contribution in [1.29, 1.82) is 0 Å². The van der Waals surface area contributed by atoms with Gasteiger partial charge >= 0.3 is 0 Å². The van der Waals surface area contributed by atoms with Crippen molar-refractivity contribution in [2.24, 2.45) is 0 Å². The number of halogens is 1. The second-order valence-corrected chi connectivity index (χ2v) is 6.22. The zero-order chi connectivity index (χ0) is 15.2. The van der Waals surface area contributed by atoms with Crippen LogP contribution in [0.25, 0.3) is 0 Å². The first kappa shape index (κ1) is 16.7. The Bertz CT molecular complexity index is 427. The predicted octanol–water partition coefficient (Wildman–Crippen LogP) is 2.07. The summed E-state index contributed by atoms with van der Waals surface area (Å²) in [4.78, 5) is 2.29. The van der Waals surface area contributed by atoms with Crippen LogP contribution in [0, 0.1) is 0 Å². The van der Waals surface area contributed by atoms with Crippen molar-refractivity contribution < 1.29 is 9.84 Å². The zero-order valence-corrected chi connectivity index (χ0v) is 13.5. The van der Waals surface area contributed by atoms with Crippen molar-refractivity contribution in [1.82, 2.24) is 10.2 Å². The number of hydrogen-bond donors (Lipinski definition) is 2. The Morgan fingerprint density at radius 3 is 2.76 bits per heavy atom. The van der Waals surface area contributed by atoms with Crippen molar-refractivity contribution in [2.75, 3.05) is 33.4 Å². The summed E-state index contributed by atoms with van der Waals surface area (Å²) in [7, 11) is 2.12. The van der Waals surface area contributed by atoms with Crippen LogP contribution in [0.15, 0.2) is 24.3 Å². The summed E-state index contributed by atoms with van der Waals surface area (Å²) in [6.07, 6.45) is 0.832. The maximum atomic E-state index is 9.11. The van der Waals surface area contributed by atoms with Crippen LogP contribution in [0.3, 0.4) is 0 Å². The molecular weight excluding hydrogens is 288 g/mol. The van der Waals surface area contributed by atoms with E-state index < -0.39 is 0 Å². The monoisotopic (exact) mass is 312 g/mol. The lowest BCUT2D eigenvalue weighted by molar-refractivity contribution is -0.0412. The van der Waals surface area contributed by atoms with Crippen molar-refractivity contribution in [2.45, 2.75) is 31.5 Å². The molecule has 1 aromatic carbocycles. The second-order valence-electron chi connectivity index (χ2n) is 5.78. The third kappa shape index (κ3) is 4.94. The Morgan fingerprint density at radius 2 is 2.14 bits per heavy atom. The highest BCUT2D eigenvalue weighted by Gasteiger charge is 2.28. The molecule has 2 N–H and O–H groups in total. The number of nitrogens with zero attached hydrogens (tertiary/aromatic N) is 1. The molecule has 21 heavy (non-hydrogen) atoms. The summed E-state index contributed by atoms with van der Waals surface area (Å²) in [6.45, 7) is 4.89. The molecule has 1 heterocycles. The smallest absolute Gasteiger partial charge is 0.0896 e. The molecule has 1 aliphatic rings. The van der Waals surface area contributed by atoms with E-state index >= 15 is 0 Å². The molecule has 0 saturated carbocycles. The molecule has 1 aromatic rings. The molecule has 5 heteroatoms. The lowest BCUT2D eigenvalue weighted by atomic mass is 9.98. The Labute approximate surface area is 132 Å². The Hall–Kier alpha value is -0.650. The van der Waals surface area contributed by atoms with Crippen LogP contribution >= 0.6 is 11.6 Å². The minimum Gasteiger partial charge on any atom is -0.396 e. The number of nitrogens with one attached hydrogen (secondary N) is 1. The lowest BCUT2D eigenvalue weighted by Crippen LogP contribution is -2.48. The number of morpholine rings is 1. The van der Waals surface area contributed by atoms with Crippen LogP contribution < -0.4 is 5.32 Å². The van der Waals surface area contributed by atoms with E-state index in [1.807, 2.05) is 24.3 Å². The van der Waals surface area contributed by atoms with Gasteiger partial charge in [0.15, 0.2) is 0 Å². The Kier molecular flexibility index (Phi) is 6.45. The number of aliphatic hydroxyl groups is 1. The molecule has 118 valence electrons. The number of benzene rings is 1. The SMILES string of the molecule is CC(CCO)NC(c1ccc(Cl)cc1)C1CN(C)CCO1. The van der Waals surface area contributed by atoms with Crippen LogP contribution in [0.4, 0.5) is 0 Å². The molecule has 1 fully saturated rings. The van der Waals surface area contributed by atoms with E-state index in [-0.39, 0.29) is 24.8 Å². The number of aliphatic hydroxyl groups excluding tert-OH is 1. The molecular formula is C16H25ClN2O2. The molecule has 3 unspecified atom stereocenters. The van der Waals surface area contributed by atoms with Gasteiger partial charge in [-0.3, -0.25) is 0 Å². The fourth-order valence-electron chi connectivity index (χ4n) is 2.68. The summed E-state index contributed by atoms with van der Waals surface area (Å²) in [5.74, 6) is 0. The molecule has 0 bridgehead atoms. The van der Waals surface area contributed by atoms with Crippen LogP contribution in [-0.2, 0) is 4.74 Å². The van der Waals surface area contributed by atoms with Gasteiger partial charge in [-0.15, -0.1) is 0 Å². The van der Waals surface area contributed by atoms with E-state index in [1.54, 1.807) is 0 Å². The largest absolute Gasteiger partial charge is 0.396 e. The van der Waals surface area contributed by atoms with Gasteiger partial charge in [0.2, 0.25) is 0 Å². The summed E-state index contributed by atoms with van der Waals surface area (Å²) in [6, 6.07) is 8.25. The standard InChI is InChI=1S/C16H25ClN2O2/c1-12(7-9-20)18-16(13-3-5-14(17)6-4-13)15-11-19(2)8-10-21-15/h3-6,12,15-16,18,20H,7-11H2,1-2H3. The number of rotatable bonds is 6.